The summed E-state index contributed by atoms with van der Waals surface area (Å²) in [6.07, 6.45) is 9.17. The largest absolute Gasteiger partial charge is 0.744 e. The lowest BCUT2D eigenvalue weighted by molar-refractivity contribution is -0.695. The first-order valence-electron chi connectivity index (χ1n) is 7.40. The van der Waals surface area contributed by atoms with Crippen molar-refractivity contribution in [1.82, 2.24) is 4.57 Å². The summed E-state index contributed by atoms with van der Waals surface area (Å²) in [4.78, 5) is -0.185. The van der Waals surface area contributed by atoms with Gasteiger partial charge in [-0.25, -0.2) is 17.6 Å². The molecular weight excluding hydrogens is 314 g/mol. The van der Waals surface area contributed by atoms with Gasteiger partial charge in [0.2, 0.25) is 6.33 Å². The average Bonchev–Trinajstić information content (AvgIpc) is 2.99. The van der Waals surface area contributed by atoms with Gasteiger partial charge in [0.1, 0.15) is 29.1 Å². The molecule has 6 nitrogen and oxygen atoms in total. The zero-order valence-corrected chi connectivity index (χ0v) is 13.9. The standard InChI is InChI=1S/C10H16N3.C6H6O3S/c1-2-3-6-12-8-9-13(10-12)7-4-5-11;7-10(8,9)6-4-2-1-3-5-6/h8-10H,2-4,6-7H2,1H3;1-5H,(H,7,8,9)/q+1;/p-1. The quantitative estimate of drug-likeness (QED) is 0.597. The molecule has 124 valence electrons. The minimum Gasteiger partial charge on any atom is -0.744 e. The summed E-state index contributed by atoms with van der Waals surface area (Å²) in [5.41, 5.74) is 0. The van der Waals surface area contributed by atoms with Gasteiger partial charge < -0.3 is 4.55 Å². The summed E-state index contributed by atoms with van der Waals surface area (Å²) in [6, 6.07) is 9.33. The van der Waals surface area contributed by atoms with Crippen LogP contribution in [0.15, 0.2) is 53.9 Å². The maximum atomic E-state index is 10.3. The van der Waals surface area contributed by atoms with Crippen molar-refractivity contribution in [3.63, 3.8) is 0 Å². The van der Waals surface area contributed by atoms with Crippen LogP contribution in [0.4, 0.5) is 0 Å². The minimum atomic E-state index is -4.25. The molecule has 0 aliphatic heterocycles. The van der Waals surface area contributed by atoms with Crippen LogP contribution in [0.3, 0.4) is 0 Å². The fourth-order valence-corrected chi connectivity index (χ4v) is 2.30. The summed E-state index contributed by atoms with van der Waals surface area (Å²) >= 11 is 0. The molecule has 0 fully saturated rings. The van der Waals surface area contributed by atoms with Crippen LogP contribution < -0.4 is 4.57 Å². The fourth-order valence-electron chi connectivity index (χ4n) is 1.81. The van der Waals surface area contributed by atoms with Gasteiger partial charge in [0.25, 0.3) is 0 Å². The van der Waals surface area contributed by atoms with Crippen LogP contribution >= 0.6 is 0 Å². The number of unbranched alkanes of at least 4 members (excludes halogenated alkanes) is 1. The van der Waals surface area contributed by atoms with Gasteiger partial charge >= 0.3 is 0 Å². The molecule has 0 atom stereocenters. The van der Waals surface area contributed by atoms with Gasteiger partial charge in [0.15, 0.2) is 0 Å². The van der Waals surface area contributed by atoms with Gasteiger partial charge in [-0.1, -0.05) is 31.5 Å². The minimum absolute atomic E-state index is 0.185. The van der Waals surface area contributed by atoms with Crippen LogP contribution in [0.1, 0.15) is 26.2 Å². The van der Waals surface area contributed by atoms with E-state index < -0.39 is 10.1 Å². The molecular formula is C16H21N3O3S. The third-order valence-corrected chi connectivity index (χ3v) is 3.88. The normalized spacial score (nSPS) is 10.5. The monoisotopic (exact) mass is 335 g/mol. The molecule has 0 aliphatic rings. The first-order chi connectivity index (χ1) is 11.0. The van der Waals surface area contributed by atoms with E-state index in [0.717, 1.165) is 13.1 Å². The van der Waals surface area contributed by atoms with Gasteiger partial charge in [-0.2, -0.15) is 5.26 Å². The van der Waals surface area contributed by atoms with Gasteiger partial charge in [0.05, 0.1) is 23.9 Å². The number of nitrogens with zero attached hydrogens (tertiary/aromatic N) is 3. The Kier molecular flexibility index (Phi) is 8.02. The molecule has 0 bridgehead atoms. The molecule has 1 aromatic carbocycles. The molecule has 1 aromatic heterocycles. The number of hydrogen-bond donors (Lipinski definition) is 0. The van der Waals surface area contributed by atoms with Crippen LogP contribution in [-0.2, 0) is 23.2 Å². The second-order valence-corrected chi connectivity index (χ2v) is 6.30. The number of rotatable bonds is 6. The number of nitriles is 1. The van der Waals surface area contributed by atoms with E-state index in [4.69, 9.17) is 5.26 Å². The molecule has 23 heavy (non-hydrogen) atoms. The fraction of sp³-hybridized carbons (Fsp3) is 0.375. The first-order valence-corrected chi connectivity index (χ1v) is 8.81. The maximum absolute atomic E-state index is 10.3. The Hall–Kier alpha value is -2.17. The summed E-state index contributed by atoms with van der Waals surface area (Å²) in [5.74, 6) is 0. The number of aryl methyl sites for hydroxylation is 2. The molecule has 0 N–H and O–H groups in total. The van der Waals surface area contributed by atoms with Crippen molar-refractivity contribution >= 4 is 10.1 Å². The van der Waals surface area contributed by atoms with E-state index >= 15 is 0 Å². The van der Waals surface area contributed by atoms with Crippen molar-refractivity contribution in [2.45, 2.75) is 44.2 Å². The van der Waals surface area contributed by atoms with Gasteiger partial charge in [-0.05, 0) is 18.6 Å². The zero-order valence-electron chi connectivity index (χ0n) is 13.1. The molecule has 0 spiro atoms. The number of imidazole rings is 1. The van der Waals surface area contributed by atoms with E-state index in [1.807, 2.05) is 6.20 Å². The van der Waals surface area contributed by atoms with Crippen LogP contribution in [0.5, 0.6) is 0 Å². The van der Waals surface area contributed by atoms with Crippen LogP contribution in [0, 0.1) is 11.3 Å². The maximum Gasteiger partial charge on any atom is 0.243 e. The number of hydrogen-bond acceptors (Lipinski definition) is 4. The molecule has 0 saturated heterocycles. The lowest BCUT2D eigenvalue weighted by atomic mass is 10.3. The average molecular weight is 335 g/mol. The van der Waals surface area contributed by atoms with Crippen molar-refractivity contribution < 1.29 is 17.5 Å². The molecule has 7 heteroatoms. The van der Waals surface area contributed by atoms with Crippen molar-refractivity contribution in [1.29, 1.82) is 5.26 Å². The van der Waals surface area contributed by atoms with Crippen molar-refractivity contribution in [3.8, 4) is 6.07 Å². The zero-order chi connectivity index (χ0) is 17.1. The molecule has 2 rings (SSSR count). The Bertz CT molecular complexity index is 719. The lowest BCUT2D eigenvalue weighted by Gasteiger charge is -2.04. The Morgan fingerprint density at radius 3 is 2.52 bits per heavy atom. The highest BCUT2D eigenvalue weighted by Crippen LogP contribution is 2.05. The molecule has 0 aliphatic carbocycles. The predicted octanol–water partition coefficient (Wildman–Crippen LogP) is 2.08. The third kappa shape index (κ3) is 7.58. The van der Waals surface area contributed by atoms with Crippen LogP contribution in [-0.4, -0.2) is 17.5 Å². The van der Waals surface area contributed by atoms with E-state index in [1.54, 1.807) is 6.07 Å². The highest BCUT2D eigenvalue weighted by atomic mass is 32.2. The highest BCUT2D eigenvalue weighted by Gasteiger charge is 2.01. The summed E-state index contributed by atoms with van der Waals surface area (Å²) in [6.45, 7) is 4.07. The third-order valence-electron chi connectivity index (χ3n) is 3.03. The van der Waals surface area contributed by atoms with E-state index in [1.165, 1.54) is 37.1 Å². The summed E-state index contributed by atoms with van der Waals surface area (Å²) in [5, 5.41) is 8.41. The Morgan fingerprint density at radius 2 is 2.00 bits per heavy atom. The van der Waals surface area contributed by atoms with E-state index in [9.17, 15) is 13.0 Å². The van der Waals surface area contributed by atoms with E-state index in [2.05, 4.69) is 34.7 Å². The van der Waals surface area contributed by atoms with Crippen molar-refractivity contribution in [3.05, 3.63) is 49.1 Å². The van der Waals surface area contributed by atoms with Gasteiger partial charge in [-0.3, -0.25) is 0 Å². The molecule has 0 amide bonds. The predicted molar refractivity (Wildman–Crippen MR) is 84.2 cm³/mol. The Labute approximate surface area is 137 Å². The van der Waals surface area contributed by atoms with Gasteiger partial charge in [0, 0.05) is 0 Å². The second-order valence-electron chi connectivity index (χ2n) is 4.92. The first kappa shape index (κ1) is 18.9. The van der Waals surface area contributed by atoms with E-state index in [0.29, 0.717) is 6.42 Å². The Morgan fingerprint density at radius 1 is 1.30 bits per heavy atom. The van der Waals surface area contributed by atoms with Crippen molar-refractivity contribution in [2.75, 3.05) is 0 Å². The lowest BCUT2D eigenvalue weighted by Crippen LogP contribution is -2.30. The summed E-state index contributed by atoms with van der Waals surface area (Å²) in [7, 11) is -4.25. The second kappa shape index (κ2) is 9.77. The van der Waals surface area contributed by atoms with Crippen molar-refractivity contribution in [2.24, 2.45) is 0 Å². The van der Waals surface area contributed by atoms with Crippen LogP contribution in [0.25, 0.3) is 0 Å². The van der Waals surface area contributed by atoms with Gasteiger partial charge in [-0.15, -0.1) is 0 Å². The number of benzene rings is 1. The molecule has 0 saturated carbocycles. The smallest absolute Gasteiger partial charge is 0.243 e. The summed E-state index contributed by atoms with van der Waals surface area (Å²) < 4.78 is 35.1. The molecule has 1 heterocycles. The SMILES string of the molecule is CCCCn1cc[n+](CCC#N)c1.O=S(=O)([O-])c1ccccc1. The molecule has 2 aromatic rings. The topological polar surface area (TPSA) is 89.8 Å². The van der Waals surface area contributed by atoms with Crippen LogP contribution in [0.2, 0.25) is 0 Å². The molecule has 0 radical (unpaired) electrons. The Balaban J connectivity index is 0.000000238. The number of aromatic nitrogens is 2. The highest BCUT2D eigenvalue weighted by molar-refractivity contribution is 7.85. The molecule has 0 unspecified atom stereocenters. The van der Waals surface area contributed by atoms with E-state index in [-0.39, 0.29) is 4.90 Å².